The highest BCUT2D eigenvalue weighted by Crippen LogP contribution is 2.08. The predicted molar refractivity (Wildman–Crippen MR) is 57.0 cm³/mol. The monoisotopic (exact) mass is 194 g/mol. The van der Waals surface area contributed by atoms with Crippen LogP contribution in [-0.4, -0.2) is 17.8 Å². The fraction of sp³-hybridized carbons (Fsp3) is 0.500. The fourth-order valence-electron chi connectivity index (χ4n) is 1.34. The molecule has 14 heavy (non-hydrogen) atoms. The topological polar surface area (TPSA) is 29.5 Å². The van der Waals surface area contributed by atoms with Crippen molar-refractivity contribution in [2.75, 3.05) is 6.61 Å². The Bertz CT molecular complexity index is 233. The molecule has 0 aromatic heterocycles. The van der Waals surface area contributed by atoms with E-state index in [1.54, 1.807) is 0 Å². The van der Waals surface area contributed by atoms with Crippen molar-refractivity contribution in [3.63, 3.8) is 0 Å². The minimum absolute atomic E-state index is 0.181. The van der Waals surface area contributed by atoms with Gasteiger partial charge in [0.25, 0.3) is 0 Å². The average molecular weight is 194 g/mol. The molecule has 0 saturated carbocycles. The van der Waals surface area contributed by atoms with Crippen LogP contribution in [0.25, 0.3) is 0 Å². The van der Waals surface area contributed by atoms with E-state index in [1.165, 1.54) is 5.56 Å². The number of aliphatic hydroxyl groups excluding tert-OH is 1. The molecule has 0 amide bonds. The van der Waals surface area contributed by atoms with Crippen LogP contribution < -0.4 is 0 Å². The SMILES string of the molecule is CCC(CCO)OCc1ccccc1. The van der Waals surface area contributed by atoms with E-state index < -0.39 is 0 Å². The molecule has 0 aliphatic rings. The summed E-state index contributed by atoms with van der Waals surface area (Å²) in [7, 11) is 0. The molecular formula is C12H18O2. The number of rotatable bonds is 6. The number of hydrogen-bond acceptors (Lipinski definition) is 2. The normalized spacial score (nSPS) is 12.7. The quantitative estimate of drug-likeness (QED) is 0.753. The number of aliphatic hydroxyl groups is 1. The van der Waals surface area contributed by atoms with Gasteiger partial charge >= 0.3 is 0 Å². The van der Waals surface area contributed by atoms with E-state index in [-0.39, 0.29) is 12.7 Å². The fourth-order valence-corrected chi connectivity index (χ4v) is 1.34. The molecule has 0 aliphatic carbocycles. The van der Waals surface area contributed by atoms with Crippen molar-refractivity contribution in [3.05, 3.63) is 35.9 Å². The summed E-state index contributed by atoms with van der Waals surface area (Å²) in [6, 6.07) is 10.1. The first-order valence-electron chi connectivity index (χ1n) is 5.13. The molecule has 1 aromatic rings. The van der Waals surface area contributed by atoms with Crippen LogP contribution in [0.3, 0.4) is 0 Å². The Morgan fingerprint density at radius 3 is 2.57 bits per heavy atom. The highest BCUT2D eigenvalue weighted by molar-refractivity contribution is 5.13. The lowest BCUT2D eigenvalue weighted by atomic mass is 10.2. The second-order valence-corrected chi connectivity index (χ2v) is 3.34. The van der Waals surface area contributed by atoms with Gasteiger partial charge in [-0.2, -0.15) is 0 Å². The summed E-state index contributed by atoms with van der Waals surface area (Å²) >= 11 is 0. The molecule has 0 saturated heterocycles. The van der Waals surface area contributed by atoms with E-state index >= 15 is 0 Å². The van der Waals surface area contributed by atoms with E-state index in [9.17, 15) is 0 Å². The molecule has 0 spiro atoms. The van der Waals surface area contributed by atoms with Crippen molar-refractivity contribution in [1.29, 1.82) is 0 Å². The van der Waals surface area contributed by atoms with Crippen LogP contribution >= 0.6 is 0 Å². The maximum Gasteiger partial charge on any atom is 0.0720 e. The third-order valence-electron chi connectivity index (χ3n) is 2.23. The Labute approximate surface area is 85.5 Å². The van der Waals surface area contributed by atoms with Crippen LogP contribution in [0.5, 0.6) is 0 Å². The Kier molecular flexibility index (Phi) is 5.27. The molecule has 2 heteroatoms. The summed E-state index contributed by atoms with van der Waals surface area (Å²) in [6.45, 7) is 2.91. The Hall–Kier alpha value is -0.860. The van der Waals surface area contributed by atoms with Crippen molar-refractivity contribution in [2.45, 2.75) is 32.5 Å². The second kappa shape index (κ2) is 6.57. The molecule has 1 atom stereocenters. The number of benzene rings is 1. The molecule has 78 valence electrons. The van der Waals surface area contributed by atoms with Gasteiger partial charge in [-0.05, 0) is 18.4 Å². The average Bonchev–Trinajstić information content (AvgIpc) is 2.25. The molecule has 0 fully saturated rings. The van der Waals surface area contributed by atoms with E-state index in [0.29, 0.717) is 6.61 Å². The molecule has 1 unspecified atom stereocenters. The summed E-state index contributed by atoms with van der Waals surface area (Å²) in [5, 5.41) is 8.78. The number of ether oxygens (including phenoxy) is 1. The standard InChI is InChI=1S/C12H18O2/c1-2-12(8-9-13)14-10-11-6-4-3-5-7-11/h3-7,12-13H,2,8-10H2,1H3. The summed E-state index contributed by atoms with van der Waals surface area (Å²) < 4.78 is 5.66. The van der Waals surface area contributed by atoms with Gasteiger partial charge < -0.3 is 9.84 Å². The van der Waals surface area contributed by atoms with Crippen LogP contribution in [0.4, 0.5) is 0 Å². The van der Waals surface area contributed by atoms with Gasteiger partial charge in [0.2, 0.25) is 0 Å². The van der Waals surface area contributed by atoms with Gasteiger partial charge in [0.05, 0.1) is 12.7 Å². The first-order valence-corrected chi connectivity index (χ1v) is 5.13. The predicted octanol–water partition coefficient (Wildman–Crippen LogP) is 2.36. The minimum Gasteiger partial charge on any atom is -0.396 e. The van der Waals surface area contributed by atoms with Crippen LogP contribution in [0.1, 0.15) is 25.3 Å². The summed E-state index contributed by atoms with van der Waals surface area (Å²) in [6.07, 6.45) is 1.86. The van der Waals surface area contributed by atoms with Crippen molar-refractivity contribution in [3.8, 4) is 0 Å². The van der Waals surface area contributed by atoms with Crippen molar-refractivity contribution >= 4 is 0 Å². The Morgan fingerprint density at radius 2 is 2.00 bits per heavy atom. The smallest absolute Gasteiger partial charge is 0.0720 e. The maximum atomic E-state index is 8.78. The first-order chi connectivity index (χ1) is 6.86. The van der Waals surface area contributed by atoms with E-state index in [0.717, 1.165) is 12.8 Å². The van der Waals surface area contributed by atoms with Crippen molar-refractivity contribution in [1.82, 2.24) is 0 Å². The summed E-state index contributed by atoms with van der Waals surface area (Å²) in [4.78, 5) is 0. The largest absolute Gasteiger partial charge is 0.396 e. The highest BCUT2D eigenvalue weighted by atomic mass is 16.5. The molecule has 1 N–H and O–H groups in total. The van der Waals surface area contributed by atoms with Crippen LogP contribution in [0, 0.1) is 0 Å². The zero-order chi connectivity index (χ0) is 10.2. The van der Waals surface area contributed by atoms with Crippen LogP contribution in [-0.2, 0) is 11.3 Å². The first kappa shape index (κ1) is 11.2. The van der Waals surface area contributed by atoms with E-state index in [2.05, 4.69) is 6.92 Å². The number of hydrogen-bond donors (Lipinski definition) is 1. The molecular weight excluding hydrogens is 176 g/mol. The van der Waals surface area contributed by atoms with Gasteiger partial charge in [-0.15, -0.1) is 0 Å². The highest BCUT2D eigenvalue weighted by Gasteiger charge is 2.05. The zero-order valence-electron chi connectivity index (χ0n) is 8.65. The lowest BCUT2D eigenvalue weighted by molar-refractivity contribution is 0.0220. The van der Waals surface area contributed by atoms with Gasteiger partial charge in [0.1, 0.15) is 0 Å². The lowest BCUT2D eigenvalue weighted by Crippen LogP contribution is -2.13. The molecule has 2 nitrogen and oxygen atoms in total. The molecule has 1 aromatic carbocycles. The Morgan fingerprint density at radius 1 is 1.29 bits per heavy atom. The van der Waals surface area contributed by atoms with Crippen molar-refractivity contribution in [2.24, 2.45) is 0 Å². The lowest BCUT2D eigenvalue weighted by Gasteiger charge is -2.14. The van der Waals surface area contributed by atoms with Crippen LogP contribution in [0.2, 0.25) is 0 Å². The maximum absolute atomic E-state index is 8.78. The van der Waals surface area contributed by atoms with Gasteiger partial charge in [-0.1, -0.05) is 37.3 Å². The molecule has 0 aliphatic heterocycles. The molecule has 0 radical (unpaired) electrons. The zero-order valence-corrected chi connectivity index (χ0v) is 8.65. The third kappa shape index (κ3) is 3.90. The third-order valence-corrected chi connectivity index (χ3v) is 2.23. The van der Waals surface area contributed by atoms with Gasteiger partial charge in [0.15, 0.2) is 0 Å². The van der Waals surface area contributed by atoms with Crippen molar-refractivity contribution < 1.29 is 9.84 Å². The van der Waals surface area contributed by atoms with Crippen LogP contribution in [0.15, 0.2) is 30.3 Å². The molecule has 0 bridgehead atoms. The Balaban J connectivity index is 2.32. The molecule has 0 heterocycles. The summed E-state index contributed by atoms with van der Waals surface area (Å²) in [5.41, 5.74) is 1.18. The van der Waals surface area contributed by atoms with E-state index in [4.69, 9.17) is 9.84 Å². The van der Waals surface area contributed by atoms with Gasteiger partial charge in [-0.3, -0.25) is 0 Å². The summed E-state index contributed by atoms with van der Waals surface area (Å²) in [5.74, 6) is 0. The van der Waals surface area contributed by atoms with Gasteiger partial charge in [0, 0.05) is 6.61 Å². The second-order valence-electron chi connectivity index (χ2n) is 3.34. The minimum atomic E-state index is 0.181. The molecule has 1 rings (SSSR count). The van der Waals surface area contributed by atoms with E-state index in [1.807, 2.05) is 30.3 Å². The van der Waals surface area contributed by atoms with Gasteiger partial charge in [-0.25, -0.2) is 0 Å².